The molecule has 1 heterocycles. The van der Waals surface area contributed by atoms with Crippen LogP contribution < -0.4 is 9.46 Å². The average molecular weight is 593 g/mol. The third-order valence-electron chi connectivity index (χ3n) is 7.61. The van der Waals surface area contributed by atoms with Crippen molar-refractivity contribution in [3.63, 3.8) is 0 Å². The van der Waals surface area contributed by atoms with Crippen molar-refractivity contribution < 1.29 is 41.6 Å². The van der Waals surface area contributed by atoms with Crippen molar-refractivity contribution in [2.24, 2.45) is 5.41 Å². The second kappa shape index (κ2) is 11.7. The topological polar surface area (TPSA) is 119 Å². The van der Waals surface area contributed by atoms with Crippen molar-refractivity contribution in [2.75, 3.05) is 26.2 Å². The van der Waals surface area contributed by atoms with Gasteiger partial charge in [-0.3, -0.25) is 4.90 Å². The fraction of sp³-hybridized carbons (Fsp3) is 0.379. The van der Waals surface area contributed by atoms with E-state index in [2.05, 4.69) is 4.72 Å². The zero-order valence-electron chi connectivity index (χ0n) is 22.0. The normalized spacial score (nSPS) is 27.0. The van der Waals surface area contributed by atoms with Gasteiger partial charge in [-0.2, -0.15) is 0 Å². The summed E-state index contributed by atoms with van der Waals surface area (Å²) in [6.45, 7) is -0.290. The van der Waals surface area contributed by atoms with Crippen LogP contribution in [0, 0.1) is 22.9 Å². The number of halogens is 3. The van der Waals surface area contributed by atoms with Crippen molar-refractivity contribution in [1.82, 2.24) is 9.62 Å². The van der Waals surface area contributed by atoms with Gasteiger partial charge in [-0.1, -0.05) is 30.3 Å². The van der Waals surface area contributed by atoms with E-state index in [1.807, 2.05) is 0 Å². The molecule has 4 atom stereocenters. The zero-order chi connectivity index (χ0) is 29.4. The van der Waals surface area contributed by atoms with Crippen molar-refractivity contribution in [1.29, 1.82) is 0 Å². The van der Waals surface area contributed by atoms with Crippen molar-refractivity contribution in [3.8, 4) is 16.9 Å². The molecule has 41 heavy (non-hydrogen) atoms. The highest BCUT2D eigenvalue weighted by atomic mass is 32.2. The van der Waals surface area contributed by atoms with Gasteiger partial charge in [-0.15, -0.1) is 0 Å². The molecule has 1 aliphatic carbocycles. The molecular weight excluding hydrogens is 561 g/mol. The van der Waals surface area contributed by atoms with Crippen LogP contribution in [0.1, 0.15) is 18.4 Å². The van der Waals surface area contributed by atoms with Gasteiger partial charge in [0.05, 0.1) is 24.9 Å². The molecule has 0 radical (unpaired) electrons. The van der Waals surface area contributed by atoms with E-state index >= 15 is 0 Å². The Labute approximate surface area is 236 Å². The Morgan fingerprint density at radius 1 is 0.927 bits per heavy atom. The fourth-order valence-corrected chi connectivity index (χ4v) is 6.87. The van der Waals surface area contributed by atoms with Crippen LogP contribution in [-0.2, 0) is 16.6 Å². The number of nitrogens with one attached hydrogen (secondary N) is 1. The number of ether oxygens (including phenoxy) is 1. The van der Waals surface area contributed by atoms with E-state index in [0.717, 1.165) is 12.1 Å². The average Bonchev–Trinajstić information content (AvgIpc) is 3.20. The van der Waals surface area contributed by atoms with Crippen LogP contribution in [0.25, 0.3) is 11.1 Å². The number of hydrogen-bond donors (Lipinski definition) is 4. The lowest BCUT2D eigenvalue weighted by Gasteiger charge is -2.37. The lowest BCUT2D eigenvalue weighted by Crippen LogP contribution is -2.46. The summed E-state index contributed by atoms with van der Waals surface area (Å²) in [4.78, 5) is 1.52. The van der Waals surface area contributed by atoms with Gasteiger partial charge in [0.2, 0.25) is 10.0 Å². The molecule has 1 saturated carbocycles. The van der Waals surface area contributed by atoms with Gasteiger partial charge in [-0.05, 0) is 54.3 Å². The van der Waals surface area contributed by atoms with Gasteiger partial charge in [0.15, 0.2) is 11.6 Å². The molecular formula is C29H31F3N2O6S. The Hall–Kier alpha value is -3.00. The summed E-state index contributed by atoms with van der Waals surface area (Å²) >= 11 is 0. The number of aliphatic hydroxyl groups is 3. The lowest BCUT2D eigenvalue weighted by molar-refractivity contribution is 0.0427. The van der Waals surface area contributed by atoms with Gasteiger partial charge < -0.3 is 20.1 Å². The quantitative estimate of drug-likeness (QED) is 0.370. The number of sulfonamides is 1. The molecule has 0 aromatic heterocycles. The molecule has 0 saturated heterocycles. The smallest absolute Gasteiger partial charge is 0.244 e. The third kappa shape index (κ3) is 6.58. The summed E-state index contributed by atoms with van der Waals surface area (Å²) in [5, 5.41) is 31.8. The number of β-amino-alcohol motifs (C(OH)–C–C–N with tert-alkyl or cyclic N) is 1. The molecule has 5 rings (SSSR count). The number of fused-ring (bicyclic) bond motifs is 1. The van der Waals surface area contributed by atoms with Gasteiger partial charge in [0.25, 0.3) is 0 Å². The molecule has 3 aromatic rings. The molecule has 12 heteroatoms. The van der Waals surface area contributed by atoms with E-state index in [0.29, 0.717) is 11.1 Å². The summed E-state index contributed by atoms with van der Waals surface area (Å²) in [6.07, 6.45) is -3.13. The van der Waals surface area contributed by atoms with Crippen LogP contribution in [0.3, 0.4) is 0 Å². The van der Waals surface area contributed by atoms with Gasteiger partial charge >= 0.3 is 0 Å². The van der Waals surface area contributed by atoms with E-state index in [1.54, 1.807) is 17.0 Å². The summed E-state index contributed by atoms with van der Waals surface area (Å²) in [5.41, 5.74) is 0.132. The van der Waals surface area contributed by atoms with Gasteiger partial charge in [0.1, 0.15) is 16.5 Å². The molecule has 1 unspecified atom stereocenters. The molecule has 3 aromatic carbocycles. The Kier molecular flexibility index (Phi) is 8.42. The van der Waals surface area contributed by atoms with E-state index in [9.17, 15) is 36.9 Å². The van der Waals surface area contributed by atoms with Gasteiger partial charge in [0, 0.05) is 37.2 Å². The van der Waals surface area contributed by atoms with Crippen molar-refractivity contribution in [3.05, 3.63) is 83.7 Å². The number of nitrogens with zero attached hydrogens (tertiary/aromatic N) is 1. The molecule has 2 aliphatic rings. The second-order valence-corrected chi connectivity index (χ2v) is 12.6. The Morgan fingerprint density at radius 3 is 2.37 bits per heavy atom. The first-order valence-corrected chi connectivity index (χ1v) is 14.6. The number of aliphatic hydroxyl groups excluding tert-OH is 3. The van der Waals surface area contributed by atoms with Crippen LogP contribution in [0.15, 0.2) is 65.6 Å². The van der Waals surface area contributed by atoms with E-state index in [4.69, 9.17) is 4.74 Å². The molecule has 0 bridgehead atoms. The number of benzene rings is 3. The van der Waals surface area contributed by atoms with Crippen LogP contribution in [-0.4, -0.2) is 73.2 Å². The third-order valence-corrected chi connectivity index (χ3v) is 9.07. The molecule has 1 aliphatic heterocycles. The highest BCUT2D eigenvalue weighted by molar-refractivity contribution is 7.89. The fourth-order valence-electron chi connectivity index (χ4n) is 5.67. The molecule has 4 N–H and O–H groups in total. The van der Waals surface area contributed by atoms with Crippen molar-refractivity contribution >= 4 is 10.0 Å². The van der Waals surface area contributed by atoms with Crippen LogP contribution in [0.4, 0.5) is 13.2 Å². The predicted octanol–water partition coefficient (Wildman–Crippen LogP) is 2.81. The highest BCUT2D eigenvalue weighted by Crippen LogP contribution is 2.41. The standard InChI is InChI=1S/C29H31F3N2O6S/c30-22-4-2-1-3-21(22)19-6-8-28-27(10-19)40-17-29(11-25(36)26(37)12-29)16-34(15-20(35)13-33-41(28,38)39)14-18-5-7-23(31)24(32)9-18/h1-10,20,25-26,33,35-37H,11-17H2/t20-,25-,26+,29?/m0/s1. The Bertz CT molecular complexity index is 1510. The summed E-state index contributed by atoms with van der Waals surface area (Å²) in [5.74, 6) is -2.60. The van der Waals surface area contributed by atoms with E-state index in [-0.39, 0.29) is 61.8 Å². The molecule has 8 nitrogen and oxygen atoms in total. The van der Waals surface area contributed by atoms with Crippen LogP contribution in [0.2, 0.25) is 0 Å². The second-order valence-electron chi connectivity index (χ2n) is 10.9. The van der Waals surface area contributed by atoms with Gasteiger partial charge in [-0.25, -0.2) is 26.3 Å². The minimum atomic E-state index is -4.19. The first-order chi connectivity index (χ1) is 19.4. The summed E-state index contributed by atoms with van der Waals surface area (Å²) < 4.78 is 77.1. The monoisotopic (exact) mass is 592 g/mol. The zero-order valence-corrected chi connectivity index (χ0v) is 22.8. The SMILES string of the molecule is O=S1(=O)NC[C@H](O)CN(Cc2ccc(F)c(F)c2)CC2(COc3cc(-c4ccccc4F)ccc31)C[C@@H](O)[C@@H](O)C2. The van der Waals surface area contributed by atoms with E-state index in [1.165, 1.54) is 36.4 Å². The Balaban J connectivity index is 1.53. The molecule has 0 amide bonds. The predicted molar refractivity (Wildman–Crippen MR) is 144 cm³/mol. The largest absolute Gasteiger partial charge is 0.492 e. The summed E-state index contributed by atoms with van der Waals surface area (Å²) in [6, 6.07) is 13.7. The summed E-state index contributed by atoms with van der Waals surface area (Å²) in [7, 11) is -4.19. The minimum absolute atomic E-state index is 0.0471. The minimum Gasteiger partial charge on any atom is -0.492 e. The molecule has 1 fully saturated rings. The van der Waals surface area contributed by atoms with Crippen LogP contribution in [0.5, 0.6) is 5.75 Å². The van der Waals surface area contributed by atoms with E-state index < -0.39 is 51.2 Å². The molecule has 220 valence electrons. The van der Waals surface area contributed by atoms with Crippen LogP contribution >= 0.6 is 0 Å². The Morgan fingerprint density at radius 2 is 1.66 bits per heavy atom. The van der Waals surface area contributed by atoms with Crippen molar-refractivity contribution in [2.45, 2.75) is 42.6 Å². The first-order valence-electron chi connectivity index (χ1n) is 13.2. The number of hydrogen-bond acceptors (Lipinski definition) is 7. The lowest BCUT2D eigenvalue weighted by atomic mass is 9.85. The molecule has 1 spiro atoms. The maximum absolute atomic E-state index is 14.6. The maximum Gasteiger partial charge on any atom is 0.244 e. The first kappa shape index (κ1) is 29.5. The number of rotatable bonds is 3. The highest BCUT2D eigenvalue weighted by Gasteiger charge is 2.46. The maximum atomic E-state index is 14.6.